The summed E-state index contributed by atoms with van der Waals surface area (Å²) in [4.78, 5) is 37.5. The third-order valence-corrected chi connectivity index (χ3v) is 8.49. The SMILES string of the molecule is COC(=O)c1sc(NC(=O)CSc2nnc(-c3csc4ccccc34)n2C(C)C)c(C(=O)OC)c1C. The third-order valence-electron chi connectivity index (χ3n) is 5.40. The minimum atomic E-state index is -0.644. The number of thioether (sulfide) groups is 1. The zero-order valence-corrected chi connectivity index (χ0v) is 22.7. The molecule has 0 fully saturated rings. The Balaban J connectivity index is 1.56. The van der Waals surface area contributed by atoms with Gasteiger partial charge in [-0.25, -0.2) is 9.59 Å². The van der Waals surface area contributed by atoms with Crippen molar-refractivity contribution in [2.75, 3.05) is 25.3 Å². The van der Waals surface area contributed by atoms with Crippen molar-refractivity contribution < 1.29 is 23.9 Å². The third kappa shape index (κ3) is 4.88. The zero-order chi connectivity index (χ0) is 26.0. The van der Waals surface area contributed by atoms with Crippen molar-refractivity contribution in [2.24, 2.45) is 0 Å². The number of methoxy groups -OCH3 is 2. The first-order valence-electron chi connectivity index (χ1n) is 10.9. The molecule has 4 aromatic rings. The van der Waals surface area contributed by atoms with E-state index in [4.69, 9.17) is 9.47 Å². The van der Waals surface area contributed by atoms with Gasteiger partial charge in [-0.15, -0.1) is 32.9 Å². The van der Waals surface area contributed by atoms with Crippen LogP contribution >= 0.6 is 34.4 Å². The molecule has 0 saturated heterocycles. The monoisotopic (exact) mass is 544 g/mol. The number of anilines is 1. The molecule has 1 amide bonds. The number of aromatic nitrogens is 3. The highest BCUT2D eigenvalue weighted by molar-refractivity contribution is 7.99. The fourth-order valence-electron chi connectivity index (χ4n) is 3.71. The van der Waals surface area contributed by atoms with Crippen molar-refractivity contribution in [1.82, 2.24) is 14.8 Å². The second-order valence-electron chi connectivity index (χ2n) is 8.00. The van der Waals surface area contributed by atoms with Crippen LogP contribution in [0, 0.1) is 6.92 Å². The van der Waals surface area contributed by atoms with Gasteiger partial charge in [0.1, 0.15) is 9.88 Å². The lowest BCUT2D eigenvalue weighted by Gasteiger charge is -2.13. The van der Waals surface area contributed by atoms with Gasteiger partial charge in [0.05, 0.1) is 25.5 Å². The van der Waals surface area contributed by atoms with E-state index < -0.39 is 11.9 Å². The first-order chi connectivity index (χ1) is 17.3. The number of hydrogen-bond acceptors (Lipinski definition) is 10. The smallest absolute Gasteiger partial charge is 0.348 e. The van der Waals surface area contributed by atoms with Gasteiger partial charge in [0.15, 0.2) is 11.0 Å². The van der Waals surface area contributed by atoms with E-state index in [1.54, 1.807) is 18.3 Å². The maximum Gasteiger partial charge on any atom is 0.348 e. The summed E-state index contributed by atoms with van der Waals surface area (Å²) in [5, 5.41) is 15.6. The standard InChI is InChI=1S/C24H24N4O5S3/c1-12(2)28-20(15-10-34-16-9-7-6-8-14(15)16)26-27-24(28)35-11-17(29)25-21-18(22(30)32-4)13(3)19(36-21)23(31)33-5/h6-10,12H,11H2,1-5H3,(H,25,29). The van der Waals surface area contributed by atoms with E-state index >= 15 is 0 Å². The minimum Gasteiger partial charge on any atom is -0.465 e. The molecular weight excluding hydrogens is 520 g/mol. The molecular formula is C24H24N4O5S3. The number of carbonyl (C=O) groups excluding carboxylic acids is 3. The molecule has 3 aromatic heterocycles. The average molecular weight is 545 g/mol. The Hall–Kier alpha value is -3.22. The van der Waals surface area contributed by atoms with Gasteiger partial charge < -0.3 is 14.8 Å². The lowest BCUT2D eigenvalue weighted by atomic mass is 10.1. The first-order valence-corrected chi connectivity index (χ1v) is 13.6. The summed E-state index contributed by atoms with van der Waals surface area (Å²) in [5.41, 5.74) is 1.53. The highest BCUT2D eigenvalue weighted by Crippen LogP contribution is 2.37. The molecule has 0 aliphatic heterocycles. The number of carbonyl (C=O) groups is 3. The molecule has 4 rings (SSSR count). The summed E-state index contributed by atoms with van der Waals surface area (Å²) in [6, 6.07) is 8.19. The molecule has 0 unspecified atom stereocenters. The Bertz CT molecular complexity index is 1450. The van der Waals surface area contributed by atoms with Crippen molar-refractivity contribution in [3.8, 4) is 11.4 Å². The summed E-state index contributed by atoms with van der Waals surface area (Å²) in [5.74, 6) is -0.816. The largest absolute Gasteiger partial charge is 0.465 e. The van der Waals surface area contributed by atoms with Crippen LogP contribution in [0.25, 0.3) is 21.5 Å². The second kappa shape index (κ2) is 10.8. The number of rotatable bonds is 8. The molecule has 12 heteroatoms. The first kappa shape index (κ1) is 25.9. The summed E-state index contributed by atoms with van der Waals surface area (Å²) in [7, 11) is 2.50. The quantitative estimate of drug-likeness (QED) is 0.231. The van der Waals surface area contributed by atoms with Crippen LogP contribution in [0.1, 0.15) is 45.5 Å². The van der Waals surface area contributed by atoms with Crippen LogP contribution < -0.4 is 5.32 Å². The fraction of sp³-hybridized carbons (Fsp3) is 0.292. The number of ether oxygens (including phenoxy) is 2. The fourth-order valence-corrected chi connectivity index (χ4v) is 6.64. The summed E-state index contributed by atoms with van der Waals surface area (Å²) in [6.07, 6.45) is 0. The average Bonchev–Trinajstić information content (AvgIpc) is 3.56. The summed E-state index contributed by atoms with van der Waals surface area (Å²) in [6.45, 7) is 5.69. The Morgan fingerprint density at radius 1 is 1.11 bits per heavy atom. The normalized spacial score (nSPS) is 11.2. The van der Waals surface area contributed by atoms with Gasteiger partial charge in [-0.2, -0.15) is 0 Å². The van der Waals surface area contributed by atoms with E-state index in [1.807, 2.05) is 30.5 Å². The van der Waals surface area contributed by atoms with Gasteiger partial charge in [-0.1, -0.05) is 30.0 Å². The van der Waals surface area contributed by atoms with Crippen LogP contribution in [-0.2, 0) is 14.3 Å². The minimum absolute atomic E-state index is 0.0281. The van der Waals surface area contributed by atoms with Gasteiger partial charge in [0.25, 0.3) is 0 Å². The molecule has 9 nitrogen and oxygen atoms in total. The Labute approximate surface area is 219 Å². The predicted octanol–water partition coefficient (Wildman–Crippen LogP) is 5.41. The van der Waals surface area contributed by atoms with Gasteiger partial charge in [-0.3, -0.25) is 9.36 Å². The van der Waals surface area contributed by atoms with Crippen molar-refractivity contribution in [2.45, 2.75) is 32.0 Å². The molecule has 0 saturated carbocycles. The molecule has 0 atom stereocenters. The predicted molar refractivity (Wildman–Crippen MR) is 142 cm³/mol. The summed E-state index contributed by atoms with van der Waals surface area (Å²) >= 11 is 3.87. The van der Waals surface area contributed by atoms with Crippen LogP contribution in [0.4, 0.5) is 5.00 Å². The van der Waals surface area contributed by atoms with E-state index in [0.717, 1.165) is 28.1 Å². The highest BCUT2D eigenvalue weighted by Gasteiger charge is 2.27. The van der Waals surface area contributed by atoms with Crippen molar-refractivity contribution in [3.05, 3.63) is 45.6 Å². The van der Waals surface area contributed by atoms with Crippen molar-refractivity contribution >= 4 is 67.4 Å². The molecule has 36 heavy (non-hydrogen) atoms. The number of amides is 1. The molecule has 0 radical (unpaired) electrons. The van der Waals surface area contributed by atoms with Gasteiger partial charge in [-0.05, 0) is 32.4 Å². The summed E-state index contributed by atoms with van der Waals surface area (Å²) < 4.78 is 12.8. The van der Waals surface area contributed by atoms with Crippen LogP contribution in [0.15, 0.2) is 34.8 Å². The molecule has 1 aromatic carbocycles. The number of benzene rings is 1. The second-order valence-corrected chi connectivity index (χ2v) is 10.9. The van der Waals surface area contributed by atoms with E-state index in [2.05, 4.69) is 33.0 Å². The van der Waals surface area contributed by atoms with Crippen LogP contribution in [-0.4, -0.2) is 52.6 Å². The lowest BCUT2D eigenvalue weighted by molar-refractivity contribution is -0.113. The number of nitrogens with zero attached hydrogens (tertiary/aromatic N) is 3. The molecule has 0 aliphatic carbocycles. The van der Waals surface area contributed by atoms with Gasteiger partial charge in [0, 0.05) is 27.1 Å². The number of fused-ring (bicyclic) bond motifs is 1. The molecule has 0 bridgehead atoms. The maximum atomic E-state index is 12.9. The lowest BCUT2D eigenvalue weighted by Crippen LogP contribution is -2.16. The Morgan fingerprint density at radius 3 is 2.53 bits per heavy atom. The van der Waals surface area contributed by atoms with Crippen LogP contribution in [0.5, 0.6) is 0 Å². The van der Waals surface area contributed by atoms with Gasteiger partial charge >= 0.3 is 11.9 Å². The molecule has 0 spiro atoms. The van der Waals surface area contributed by atoms with E-state index in [0.29, 0.717) is 10.7 Å². The van der Waals surface area contributed by atoms with Crippen LogP contribution in [0.3, 0.4) is 0 Å². The van der Waals surface area contributed by atoms with E-state index in [9.17, 15) is 14.4 Å². The number of thiophene rings is 2. The molecule has 188 valence electrons. The van der Waals surface area contributed by atoms with E-state index in [-0.39, 0.29) is 33.1 Å². The zero-order valence-electron chi connectivity index (χ0n) is 20.3. The topological polar surface area (TPSA) is 112 Å². The number of esters is 2. The highest BCUT2D eigenvalue weighted by atomic mass is 32.2. The molecule has 0 aliphatic rings. The number of hydrogen-bond donors (Lipinski definition) is 1. The van der Waals surface area contributed by atoms with Crippen LogP contribution in [0.2, 0.25) is 0 Å². The van der Waals surface area contributed by atoms with Crippen molar-refractivity contribution in [1.29, 1.82) is 0 Å². The van der Waals surface area contributed by atoms with Gasteiger partial charge in [0.2, 0.25) is 5.91 Å². The molecule has 3 heterocycles. The van der Waals surface area contributed by atoms with Crippen molar-refractivity contribution in [3.63, 3.8) is 0 Å². The Kier molecular flexibility index (Phi) is 7.76. The molecule has 1 N–H and O–H groups in total. The van der Waals surface area contributed by atoms with E-state index in [1.165, 1.54) is 30.7 Å². The Morgan fingerprint density at radius 2 is 1.83 bits per heavy atom. The maximum absolute atomic E-state index is 12.9. The number of nitrogens with one attached hydrogen (secondary N) is 1.